The third-order valence-corrected chi connectivity index (χ3v) is 3.43. The molecular formula is C12H15ClN2O2. The zero-order chi connectivity index (χ0) is 12.5. The van der Waals surface area contributed by atoms with Crippen LogP contribution >= 0.6 is 11.6 Å². The Morgan fingerprint density at radius 1 is 1.53 bits per heavy atom. The largest absolute Gasteiger partial charge is 0.390 e. The van der Waals surface area contributed by atoms with Crippen molar-refractivity contribution >= 4 is 17.5 Å². The predicted octanol–water partition coefficient (Wildman–Crippen LogP) is 1.72. The van der Waals surface area contributed by atoms with Crippen molar-refractivity contribution in [2.24, 2.45) is 0 Å². The summed E-state index contributed by atoms with van der Waals surface area (Å²) in [6.07, 6.45) is 4.22. The van der Waals surface area contributed by atoms with E-state index in [4.69, 9.17) is 11.6 Å². The lowest BCUT2D eigenvalue weighted by Gasteiger charge is -2.35. The van der Waals surface area contributed by atoms with Crippen LogP contribution in [-0.2, 0) is 0 Å². The zero-order valence-electron chi connectivity index (χ0n) is 9.69. The van der Waals surface area contributed by atoms with Gasteiger partial charge in [0.15, 0.2) is 0 Å². The Balaban J connectivity index is 2.10. The summed E-state index contributed by atoms with van der Waals surface area (Å²) >= 11 is 5.93. The van der Waals surface area contributed by atoms with Crippen LogP contribution in [0.5, 0.6) is 0 Å². The van der Waals surface area contributed by atoms with Crippen LogP contribution in [0.1, 0.15) is 30.1 Å². The summed E-state index contributed by atoms with van der Waals surface area (Å²) in [6, 6.07) is 1.62. The average Bonchev–Trinajstić information content (AvgIpc) is 2.29. The Hall–Kier alpha value is -1.13. The highest BCUT2D eigenvalue weighted by Crippen LogP contribution is 2.24. The molecule has 0 spiro atoms. The molecule has 1 aromatic heterocycles. The first kappa shape index (κ1) is 12.3. The Kier molecular flexibility index (Phi) is 3.35. The number of pyridine rings is 1. The molecule has 0 bridgehead atoms. The number of amides is 1. The topological polar surface area (TPSA) is 53.4 Å². The number of nitrogens with zero attached hydrogens (tertiary/aromatic N) is 2. The molecule has 0 saturated carbocycles. The molecule has 1 fully saturated rings. The molecule has 0 aromatic carbocycles. The number of carbonyl (C=O) groups excluding carboxylic acids is 1. The van der Waals surface area contributed by atoms with Crippen LogP contribution in [0, 0.1) is 0 Å². The van der Waals surface area contributed by atoms with E-state index >= 15 is 0 Å². The lowest BCUT2D eigenvalue weighted by molar-refractivity contribution is -0.00202. The van der Waals surface area contributed by atoms with Gasteiger partial charge in [0, 0.05) is 25.5 Å². The molecule has 0 unspecified atom stereocenters. The fraction of sp³-hybridized carbons (Fsp3) is 0.500. The van der Waals surface area contributed by atoms with Gasteiger partial charge >= 0.3 is 0 Å². The van der Waals surface area contributed by atoms with Crippen LogP contribution in [0.4, 0.5) is 0 Å². The number of hydrogen-bond acceptors (Lipinski definition) is 3. The van der Waals surface area contributed by atoms with Gasteiger partial charge in [0.2, 0.25) is 0 Å². The number of piperidine rings is 1. The first-order chi connectivity index (χ1) is 7.99. The number of hydrogen-bond donors (Lipinski definition) is 1. The van der Waals surface area contributed by atoms with E-state index in [1.807, 2.05) is 0 Å². The molecule has 1 saturated heterocycles. The summed E-state index contributed by atoms with van der Waals surface area (Å²) in [4.78, 5) is 17.7. The van der Waals surface area contributed by atoms with Gasteiger partial charge < -0.3 is 10.0 Å². The van der Waals surface area contributed by atoms with Crippen LogP contribution in [0.3, 0.4) is 0 Å². The lowest BCUT2D eigenvalue weighted by Crippen LogP contribution is -2.45. The van der Waals surface area contributed by atoms with E-state index < -0.39 is 5.60 Å². The maximum absolute atomic E-state index is 12.2. The Morgan fingerprint density at radius 3 is 2.76 bits per heavy atom. The highest BCUT2D eigenvalue weighted by molar-refractivity contribution is 6.33. The van der Waals surface area contributed by atoms with Gasteiger partial charge in [-0.05, 0) is 25.8 Å². The van der Waals surface area contributed by atoms with E-state index in [1.165, 1.54) is 6.20 Å². The summed E-state index contributed by atoms with van der Waals surface area (Å²) in [6.45, 7) is 2.92. The molecule has 2 rings (SSSR count). The molecule has 92 valence electrons. The van der Waals surface area contributed by atoms with Gasteiger partial charge in [-0.1, -0.05) is 11.6 Å². The molecule has 5 heteroatoms. The SMILES string of the molecule is CC1(O)CCN(C(=O)c2ccncc2Cl)CC1. The lowest BCUT2D eigenvalue weighted by atomic mass is 9.93. The number of carbonyl (C=O) groups is 1. The fourth-order valence-electron chi connectivity index (χ4n) is 1.91. The molecule has 0 radical (unpaired) electrons. The van der Waals surface area contributed by atoms with Gasteiger partial charge in [-0.25, -0.2) is 0 Å². The second-order valence-corrected chi connectivity index (χ2v) is 5.05. The van der Waals surface area contributed by atoms with Crippen molar-refractivity contribution in [3.05, 3.63) is 29.0 Å². The normalized spacial score (nSPS) is 19.1. The summed E-state index contributed by atoms with van der Waals surface area (Å²) in [5.41, 5.74) is -0.179. The smallest absolute Gasteiger partial charge is 0.255 e. The van der Waals surface area contributed by atoms with Crippen molar-refractivity contribution in [3.63, 3.8) is 0 Å². The molecule has 1 aliphatic heterocycles. The van der Waals surface area contributed by atoms with Gasteiger partial charge in [0.05, 0.1) is 16.2 Å². The van der Waals surface area contributed by atoms with Gasteiger partial charge in [-0.2, -0.15) is 0 Å². The number of rotatable bonds is 1. The van der Waals surface area contributed by atoms with E-state index in [1.54, 1.807) is 24.1 Å². The maximum Gasteiger partial charge on any atom is 0.255 e. The molecule has 2 heterocycles. The Morgan fingerprint density at radius 2 is 2.18 bits per heavy atom. The van der Waals surface area contributed by atoms with Crippen molar-refractivity contribution in [2.75, 3.05) is 13.1 Å². The van der Waals surface area contributed by atoms with E-state index in [0.29, 0.717) is 36.5 Å². The molecular weight excluding hydrogens is 240 g/mol. The third-order valence-electron chi connectivity index (χ3n) is 3.13. The first-order valence-corrected chi connectivity index (χ1v) is 5.98. The minimum Gasteiger partial charge on any atom is -0.390 e. The van der Waals surface area contributed by atoms with Crippen LogP contribution in [0.15, 0.2) is 18.5 Å². The summed E-state index contributed by atoms with van der Waals surface area (Å²) in [7, 11) is 0. The second kappa shape index (κ2) is 4.63. The van der Waals surface area contributed by atoms with E-state index in [0.717, 1.165) is 0 Å². The van der Waals surface area contributed by atoms with Crippen LogP contribution in [0.2, 0.25) is 5.02 Å². The van der Waals surface area contributed by atoms with Crippen LogP contribution in [-0.4, -0.2) is 39.6 Å². The van der Waals surface area contributed by atoms with Crippen molar-refractivity contribution in [3.8, 4) is 0 Å². The van der Waals surface area contributed by atoms with E-state index in [9.17, 15) is 9.90 Å². The summed E-state index contributed by atoms with van der Waals surface area (Å²) in [5, 5.41) is 10.2. The molecule has 1 aliphatic rings. The summed E-state index contributed by atoms with van der Waals surface area (Å²) in [5.74, 6) is -0.0899. The molecule has 0 aliphatic carbocycles. The number of halogens is 1. The van der Waals surface area contributed by atoms with Gasteiger partial charge in [0.25, 0.3) is 5.91 Å². The molecule has 1 aromatic rings. The zero-order valence-corrected chi connectivity index (χ0v) is 10.4. The third kappa shape index (κ3) is 2.76. The molecule has 0 atom stereocenters. The highest BCUT2D eigenvalue weighted by Gasteiger charge is 2.30. The first-order valence-electron chi connectivity index (χ1n) is 5.61. The van der Waals surface area contributed by atoms with Gasteiger partial charge in [-0.3, -0.25) is 9.78 Å². The Labute approximate surface area is 105 Å². The van der Waals surface area contributed by atoms with Crippen molar-refractivity contribution in [1.29, 1.82) is 0 Å². The standard InChI is InChI=1S/C12H15ClN2O2/c1-12(17)3-6-15(7-4-12)11(16)9-2-5-14-8-10(9)13/h2,5,8,17H,3-4,6-7H2,1H3. The minimum atomic E-state index is -0.654. The van der Waals surface area contributed by atoms with Gasteiger partial charge in [0.1, 0.15) is 0 Å². The fourth-order valence-corrected chi connectivity index (χ4v) is 2.11. The molecule has 17 heavy (non-hydrogen) atoms. The monoisotopic (exact) mass is 254 g/mol. The summed E-state index contributed by atoms with van der Waals surface area (Å²) < 4.78 is 0. The average molecular weight is 255 g/mol. The van der Waals surface area contributed by atoms with Crippen molar-refractivity contribution in [2.45, 2.75) is 25.4 Å². The molecule has 1 amide bonds. The van der Waals surface area contributed by atoms with E-state index in [2.05, 4.69) is 4.98 Å². The van der Waals surface area contributed by atoms with Crippen LogP contribution < -0.4 is 0 Å². The van der Waals surface area contributed by atoms with E-state index in [-0.39, 0.29) is 5.91 Å². The van der Waals surface area contributed by atoms with Crippen molar-refractivity contribution < 1.29 is 9.90 Å². The number of aliphatic hydroxyl groups is 1. The molecule has 1 N–H and O–H groups in total. The number of aromatic nitrogens is 1. The van der Waals surface area contributed by atoms with Crippen LogP contribution in [0.25, 0.3) is 0 Å². The van der Waals surface area contributed by atoms with Crippen molar-refractivity contribution in [1.82, 2.24) is 9.88 Å². The minimum absolute atomic E-state index is 0.0899. The number of likely N-dealkylation sites (tertiary alicyclic amines) is 1. The molecule has 4 nitrogen and oxygen atoms in total. The Bertz CT molecular complexity index is 424. The highest BCUT2D eigenvalue weighted by atomic mass is 35.5. The quantitative estimate of drug-likeness (QED) is 0.830. The van der Waals surface area contributed by atoms with Gasteiger partial charge in [-0.15, -0.1) is 0 Å². The second-order valence-electron chi connectivity index (χ2n) is 4.64. The maximum atomic E-state index is 12.2. The predicted molar refractivity (Wildman–Crippen MR) is 65.0 cm³/mol.